The zero-order valence-electron chi connectivity index (χ0n) is 8.85. The Labute approximate surface area is 94.0 Å². The van der Waals surface area contributed by atoms with Gasteiger partial charge in [0.2, 0.25) is 0 Å². The van der Waals surface area contributed by atoms with Crippen LogP contribution in [0, 0.1) is 12.8 Å². The van der Waals surface area contributed by atoms with Crippen molar-refractivity contribution in [1.82, 2.24) is 0 Å². The van der Waals surface area contributed by atoms with Gasteiger partial charge in [-0.15, -0.1) is 11.8 Å². The van der Waals surface area contributed by atoms with Crippen molar-refractivity contribution in [3.63, 3.8) is 0 Å². The fourth-order valence-corrected chi connectivity index (χ4v) is 2.81. The number of aryl methyl sites for hydroxylation is 1. The summed E-state index contributed by atoms with van der Waals surface area (Å²) in [6.45, 7) is 2.06. The van der Waals surface area contributed by atoms with Crippen molar-refractivity contribution >= 4 is 11.8 Å². The standard InChI is InChI=1S/C11H17NO2S/c1-7-9(4-5-14-7)15-10(6-13)11(12)8-2-3-8/h4-5,8,10-11,13H,2-3,6,12H2,1H3. The monoisotopic (exact) mass is 227 g/mol. The van der Waals surface area contributed by atoms with Gasteiger partial charge in [-0.25, -0.2) is 0 Å². The Hall–Kier alpha value is -0.450. The first-order chi connectivity index (χ1) is 7.22. The second-order valence-electron chi connectivity index (χ2n) is 4.09. The predicted octanol–water partition coefficient (Wildman–Crippen LogP) is 1.78. The van der Waals surface area contributed by atoms with Crippen molar-refractivity contribution in [2.75, 3.05) is 6.61 Å². The fraction of sp³-hybridized carbons (Fsp3) is 0.636. The van der Waals surface area contributed by atoms with Gasteiger partial charge in [0.15, 0.2) is 0 Å². The molecular formula is C11H17NO2S. The summed E-state index contributed by atoms with van der Waals surface area (Å²) in [4.78, 5) is 1.09. The summed E-state index contributed by atoms with van der Waals surface area (Å²) in [6.07, 6.45) is 4.10. The highest BCUT2D eigenvalue weighted by Gasteiger charge is 2.34. The molecule has 0 amide bonds. The molecule has 2 unspecified atom stereocenters. The molecule has 4 heteroatoms. The van der Waals surface area contributed by atoms with E-state index in [-0.39, 0.29) is 17.9 Å². The number of hydrogen-bond donors (Lipinski definition) is 2. The maximum atomic E-state index is 9.33. The van der Waals surface area contributed by atoms with E-state index in [9.17, 15) is 5.11 Å². The normalized spacial score (nSPS) is 20.2. The predicted molar refractivity (Wildman–Crippen MR) is 60.9 cm³/mol. The van der Waals surface area contributed by atoms with E-state index >= 15 is 0 Å². The van der Waals surface area contributed by atoms with Gasteiger partial charge in [0.05, 0.1) is 12.9 Å². The molecule has 15 heavy (non-hydrogen) atoms. The molecule has 84 valence electrons. The lowest BCUT2D eigenvalue weighted by Gasteiger charge is -2.20. The van der Waals surface area contributed by atoms with Gasteiger partial charge in [0, 0.05) is 16.2 Å². The van der Waals surface area contributed by atoms with Crippen LogP contribution in [-0.2, 0) is 0 Å². The summed E-state index contributed by atoms with van der Waals surface area (Å²) in [6, 6.07) is 2.04. The molecule has 0 aromatic carbocycles. The van der Waals surface area contributed by atoms with E-state index in [4.69, 9.17) is 10.2 Å². The first kappa shape index (κ1) is 11.0. The highest BCUT2D eigenvalue weighted by molar-refractivity contribution is 8.00. The number of nitrogens with two attached hydrogens (primary N) is 1. The van der Waals surface area contributed by atoms with E-state index in [0.29, 0.717) is 5.92 Å². The molecule has 2 atom stereocenters. The minimum Gasteiger partial charge on any atom is -0.468 e. The SMILES string of the molecule is Cc1occc1SC(CO)C(N)C1CC1. The Balaban J connectivity index is 1.98. The average molecular weight is 227 g/mol. The van der Waals surface area contributed by atoms with E-state index in [1.807, 2.05) is 13.0 Å². The summed E-state index contributed by atoms with van der Waals surface area (Å²) in [7, 11) is 0. The highest BCUT2D eigenvalue weighted by Crippen LogP contribution is 2.38. The van der Waals surface area contributed by atoms with Crippen LogP contribution < -0.4 is 5.73 Å². The van der Waals surface area contributed by atoms with Crippen molar-refractivity contribution < 1.29 is 9.52 Å². The van der Waals surface area contributed by atoms with Crippen LogP contribution in [-0.4, -0.2) is 23.0 Å². The Kier molecular flexibility index (Phi) is 3.38. The molecule has 0 aliphatic heterocycles. The molecule has 0 bridgehead atoms. The van der Waals surface area contributed by atoms with Crippen molar-refractivity contribution in [1.29, 1.82) is 0 Å². The summed E-state index contributed by atoms with van der Waals surface area (Å²) in [5.41, 5.74) is 6.09. The van der Waals surface area contributed by atoms with Crippen LogP contribution in [0.1, 0.15) is 18.6 Å². The van der Waals surface area contributed by atoms with Gasteiger partial charge in [0.25, 0.3) is 0 Å². The van der Waals surface area contributed by atoms with Crippen LogP contribution in [0.5, 0.6) is 0 Å². The van der Waals surface area contributed by atoms with Crippen molar-refractivity contribution in [3.05, 3.63) is 18.1 Å². The van der Waals surface area contributed by atoms with Crippen molar-refractivity contribution in [2.45, 2.75) is 36.0 Å². The number of aliphatic hydroxyl groups is 1. The van der Waals surface area contributed by atoms with Gasteiger partial charge in [-0.2, -0.15) is 0 Å². The van der Waals surface area contributed by atoms with Gasteiger partial charge >= 0.3 is 0 Å². The van der Waals surface area contributed by atoms with E-state index < -0.39 is 0 Å². The van der Waals surface area contributed by atoms with Crippen LogP contribution in [0.2, 0.25) is 0 Å². The molecule has 1 aliphatic carbocycles. The first-order valence-electron chi connectivity index (χ1n) is 5.29. The molecular weight excluding hydrogens is 210 g/mol. The number of furan rings is 1. The zero-order chi connectivity index (χ0) is 10.8. The second-order valence-corrected chi connectivity index (χ2v) is 5.38. The summed E-state index contributed by atoms with van der Waals surface area (Å²) in [5.74, 6) is 1.52. The van der Waals surface area contributed by atoms with Gasteiger partial charge in [-0.05, 0) is 31.7 Å². The third-order valence-electron chi connectivity index (χ3n) is 2.87. The number of aliphatic hydroxyl groups excluding tert-OH is 1. The van der Waals surface area contributed by atoms with E-state index in [1.165, 1.54) is 12.8 Å². The van der Waals surface area contributed by atoms with Crippen LogP contribution in [0.25, 0.3) is 0 Å². The maximum Gasteiger partial charge on any atom is 0.114 e. The van der Waals surface area contributed by atoms with Crippen molar-refractivity contribution in [3.8, 4) is 0 Å². The topological polar surface area (TPSA) is 59.4 Å². The quantitative estimate of drug-likeness (QED) is 0.753. The van der Waals surface area contributed by atoms with Crippen molar-refractivity contribution in [2.24, 2.45) is 11.7 Å². The molecule has 1 aliphatic rings. The maximum absolute atomic E-state index is 9.33. The smallest absolute Gasteiger partial charge is 0.114 e. The third-order valence-corrected chi connectivity index (χ3v) is 4.31. The zero-order valence-corrected chi connectivity index (χ0v) is 9.67. The molecule has 3 N–H and O–H groups in total. The Bertz CT molecular complexity index is 322. The molecule has 0 saturated heterocycles. The summed E-state index contributed by atoms with van der Waals surface area (Å²) in [5, 5.41) is 9.42. The van der Waals surface area contributed by atoms with E-state index in [0.717, 1.165) is 10.7 Å². The second kappa shape index (κ2) is 4.60. The molecule has 1 heterocycles. The Morgan fingerprint density at radius 1 is 1.67 bits per heavy atom. The average Bonchev–Trinajstić information content (AvgIpc) is 3.00. The van der Waals surface area contributed by atoms with Gasteiger partial charge in [0.1, 0.15) is 5.76 Å². The minimum absolute atomic E-state index is 0.0915. The Morgan fingerprint density at radius 3 is 2.87 bits per heavy atom. The van der Waals surface area contributed by atoms with Crippen LogP contribution in [0.4, 0.5) is 0 Å². The molecule has 0 spiro atoms. The fourth-order valence-electron chi connectivity index (χ4n) is 1.68. The van der Waals surface area contributed by atoms with E-state index in [1.54, 1.807) is 18.0 Å². The van der Waals surface area contributed by atoms with Gasteiger partial charge in [-0.3, -0.25) is 0 Å². The lowest BCUT2D eigenvalue weighted by molar-refractivity contribution is 0.277. The number of rotatable bonds is 5. The summed E-state index contributed by atoms with van der Waals surface area (Å²) >= 11 is 1.63. The number of thioether (sulfide) groups is 1. The molecule has 3 nitrogen and oxygen atoms in total. The first-order valence-corrected chi connectivity index (χ1v) is 6.17. The van der Waals surface area contributed by atoms with Crippen LogP contribution in [0.15, 0.2) is 21.6 Å². The molecule has 0 radical (unpaired) electrons. The highest BCUT2D eigenvalue weighted by atomic mass is 32.2. The van der Waals surface area contributed by atoms with Crippen LogP contribution in [0.3, 0.4) is 0 Å². The molecule has 1 aromatic rings. The summed E-state index contributed by atoms with van der Waals surface area (Å²) < 4.78 is 5.22. The molecule has 2 rings (SSSR count). The van der Waals surface area contributed by atoms with Gasteiger partial charge < -0.3 is 15.3 Å². The lowest BCUT2D eigenvalue weighted by atomic mass is 10.1. The molecule has 1 saturated carbocycles. The Morgan fingerprint density at radius 2 is 2.40 bits per heavy atom. The molecule has 1 fully saturated rings. The third kappa shape index (κ3) is 2.56. The van der Waals surface area contributed by atoms with E-state index in [2.05, 4.69) is 0 Å². The number of hydrogen-bond acceptors (Lipinski definition) is 4. The lowest BCUT2D eigenvalue weighted by Crippen LogP contribution is -2.36. The largest absolute Gasteiger partial charge is 0.468 e. The molecule has 1 aromatic heterocycles. The van der Waals surface area contributed by atoms with Crippen LogP contribution >= 0.6 is 11.8 Å². The minimum atomic E-state index is 0.0915. The van der Waals surface area contributed by atoms with Gasteiger partial charge in [-0.1, -0.05) is 0 Å².